The van der Waals surface area contributed by atoms with Crippen molar-refractivity contribution in [3.05, 3.63) is 58.4 Å². The minimum Gasteiger partial charge on any atom is -0.485 e. The first-order valence-corrected chi connectivity index (χ1v) is 5.59. The van der Waals surface area contributed by atoms with Crippen molar-refractivity contribution in [2.24, 2.45) is 7.05 Å². The first-order valence-electron chi connectivity index (χ1n) is 5.59. The Bertz CT molecular complexity index is 601. The Balaban J connectivity index is 1.97. The molecule has 0 aliphatic rings. The molecule has 0 saturated carbocycles. The number of carbonyl (C=O) groups is 1. The van der Waals surface area contributed by atoms with Crippen molar-refractivity contribution >= 4 is 11.5 Å². The number of hydrogen-bond donors (Lipinski definition) is 0. The third-order valence-electron chi connectivity index (χ3n) is 2.65. The first-order chi connectivity index (χ1) is 9.08. The molecule has 1 heterocycles. The van der Waals surface area contributed by atoms with Crippen LogP contribution in [-0.2, 0) is 7.05 Å². The Morgan fingerprint density at radius 1 is 1.32 bits per heavy atom. The van der Waals surface area contributed by atoms with Crippen molar-refractivity contribution in [1.82, 2.24) is 4.57 Å². The summed E-state index contributed by atoms with van der Waals surface area (Å²) in [7, 11) is 1.78. The van der Waals surface area contributed by atoms with Crippen LogP contribution in [0.25, 0.3) is 0 Å². The summed E-state index contributed by atoms with van der Waals surface area (Å²) in [5.74, 6) is 0.277. The topological polar surface area (TPSA) is 74.4 Å². The van der Waals surface area contributed by atoms with E-state index in [1.807, 2.05) is 0 Å². The Morgan fingerprint density at radius 3 is 2.53 bits per heavy atom. The average Bonchev–Trinajstić information content (AvgIpc) is 2.83. The van der Waals surface area contributed by atoms with Gasteiger partial charge in [0, 0.05) is 25.4 Å². The third kappa shape index (κ3) is 2.98. The lowest BCUT2D eigenvalue weighted by molar-refractivity contribution is -0.384. The Kier molecular flexibility index (Phi) is 3.61. The predicted octanol–water partition coefficient (Wildman–Crippen LogP) is 2.20. The van der Waals surface area contributed by atoms with Gasteiger partial charge in [0.05, 0.1) is 10.6 Å². The first kappa shape index (κ1) is 12.8. The van der Waals surface area contributed by atoms with Crippen molar-refractivity contribution in [1.29, 1.82) is 0 Å². The second-order valence-electron chi connectivity index (χ2n) is 3.97. The zero-order chi connectivity index (χ0) is 13.8. The highest BCUT2D eigenvalue weighted by Crippen LogP contribution is 2.17. The SMILES string of the molecule is Cn1cccc1C(=O)COc1ccc([N+](=O)[O-])cc1. The van der Waals surface area contributed by atoms with Crippen molar-refractivity contribution in [3.8, 4) is 5.75 Å². The lowest BCUT2D eigenvalue weighted by Crippen LogP contribution is -2.14. The van der Waals surface area contributed by atoms with Crippen LogP contribution in [0.1, 0.15) is 10.5 Å². The molecule has 0 N–H and O–H groups in total. The molecule has 0 amide bonds. The van der Waals surface area contributed by atoms with E-state index < -0.39 is 4.92 Å². The minimum atomic E-state index is -0.487. The van der Waals surface area contributed by atoms with Gasteiger partial charge in [-0.05, 0) is 24.3 Å². The van der Waals surface area contributed by atoms with Crippen molar-refractivity contribution in [2.45, 2.75) is 0 Å². The largest absolute Gasteiger partial charge is 0.485 e. The summed E-state index contributed by atoms with van der Waals surface area (Å²) in [6.07, 6.45) is 1.78. The van der Waals surface area contributed by atoms with E-state index in [2.05, 4.69) is 0 Å². The fourth-order valence-corrected chi connectivity index (χ4v) is 1.64. The van der Waals surface area contributed by atoms with Crippen molar-refractivity contribution in [3.63, 3.8) is 0 Å². The van der Waals surface area contributed by atoms with Crippen LogP contribution in [0.5, 0.6) is 5.75 Å². The highest BCUT2D eigenvalue weighted by molar-refractivity contribution is 5.95. The number of nitrogens with zero attached hydrogens (tertiary/aromatic N) is 2. The number of nitro benzene ring substituents is 1. The lowest BCUT2D eigenvalue weighted by Gasteiger charge is -2.05. The molecule has 0 atom stereocenters. The fourth-order valence-electron chi connectivity index (χ4n) is 1.64. The third-order valence-corrected chi connectivity index (χ3v) is 2.65. The second kappa shape index (κ2) is 5.34. The quantitative estimate of drug-likeness (QED) is 0.469. The van der Waals surface area contributed by atoms with E-state index in [1.54, 1.807) is 29.9 Å². The minimum absolute atomic E-state index is 0.0129. The van der Waals surface area contributed by atoms with Crippen LogP contribution in [0, 0.1) is 10.1 Å². The molecule has 0 unspecified atom stereocenters. The zero-order valence-electron chi connectivity index (χ0n) is 10.3. The van der Waals surface area contributed by atoms with Crippen LogP contribution in [0.4, 0.5) is 5.69 Å². The van der Waals surface area contributed by atoms with E-state index in [0.29, 0.717) is 11.4 Å². The van der Waals surface area contributed by atoms with Crippen LogP contribution in [0.15, 0.2) is 42.6 Å². The number of ketones is 1. The Morgan fingerprint density at radius 2 is 2.00 bits per heavy atom. The number of benzene rings is 1. The summed E-state index contributed by atoms with van der Waals surface area (Å²) in [5.41, 5.74) is 0.544. The van der Waals surface area contributed by atoms with Gasteiger partial charge in [-0.2, -0.15) is 0 Å². The second-order valence-corrected chi connectivity index (χ2v) is 3.97. The smallest absolute Gasteiger partial charge is 0.269 e. The highest BCUT2D eigenvalue weighted by atomic mass is 16.6. The standard InChI is InChI=1S/C13H12N2O4/c1-14-8-2-3-12(14)13(16)9-19-11-6-4-10(5-7-11)15(17)18/h2-8H,9H2,1H3. The normalized spacial score (nSPS) is 10.2. The number of ether oxygens (including phenoxy) is 1. The van der Waals surface area contributed by atoms with Gasteiger partial charge in [-0.1, -0.05) is 0 Å². The van der Waals surface area contributed by atoms with E-state index in [1.165, 1.54) is 24.3 Å². The van der Waals surface area contributed by atoms with Crippen LogP contribution in [0.3, 0.4) is 0 Å². The molecule has 19 heavy (non-hydrogen) atoms. The predicted molar refractivity (Wildman–Crippen MR) is 68.3 cm³/mol. The maximum absolute atomic E-state index is 11.8. The van der Waals surface area contributed by atoms with Gasteiger partial charge in [-0.3, -0.25) is 14.9 Å². The molecule has 98 valence electrons. The Labute approximate surface area is 109 Å². The summed E-state index contributed by atoms with van der Waals surface area (Å²) < 4.78 is 7.01. The van der Waals surface area contributed by atoms with E-state index in [-0.39, 0.29) is 18.1 Å². The summed E-state index contributed by atoms with van der Waals surface area (Å²) in [5, 5.41) is 10.5. The number of hydrogen-bond acceptors (Lipinski definition) is 4. The monoisotopic (exact) mass is 260 g/mol. The van der Waals surface area contributed by atoms with Gasteiger partial charge in [0.15, 0.2) is 6.61 Å². The molecule has 0 saturated heterocycles. The lowest BCUT2D eigenvalue weighted by atomic mass is 10.3. The van der Waals surface area contributed by atoms with Crippen LogP contribution in [-0.4, -0.2) is 21.9 Å². The number of non-ortho nitro benzene ring substituents is 1. The number of carbonyl (C=O) groups excluding carboxylic acids is 1. The molecule has 0 radical (unpaired) electrons. The maximum atomic E-state index is 11.8. The highest BCUT2D eigenvalue weighted by Gasteiger charge is 2.10. The van der Waals surface area contributed by atoms with E-state index >= 15 is 0 Å². The molecule has 0 spiro atoms. The molecule has 0 bridgehead atoms. The number of aryl methyl sites for hydroxylation is 1. The van der Waals surface area contributed by atoms with Crippen molar-refractivity contribution in [2.75, 3.05) is 6.61 Å². The molecule has 0 aliphatic carbocycles. The van der Waals surface area contributed by atoms with Crippen molar-refractivity contribution < 1.29 is 14.5 Å². The average molecular weight is 260 g/mol. The van der Waals surface area contributed by atoms with Gasteiger partial charge in [-0.25, -0.2) is 0 Å². The van der Waals surface area contributed by atoms with E-state index in [9.17, 15) is 14.9 Å². The summed E-state index contributed by atoms with van der Waals surface area (Å²) >= 11 is 0. The molecule has 1 aromatic heterocycles. The molecule has 6 nitrogen and oxygen atoms in total. The molecule has 6 heteroatoms. The van der Waals surface area contributed by atoms with Gasteiger partial charge in [0.1, 0.15) is 5.75 Å². The summed E-state index contributed by atoms with van der Waals surface area (Å²) in [4.78, 5) is 21.8. The van der Waals surface area contributed by atoms with Crippen LogP contribution in [0.2, 0.25) is 0 Å². The van der Waals surface area contributed by atoms with Gasteiger partial charge < -0.3 is 9.30 Å². The summed E-state index contributed by atoms with van der Waals surface area (Å²) in [6.45, 7) is -0.102. The maximum Gasteiger partial charge on any atom is 0.269 e. The van der Waals surface area contributed by atoms with Gasteiger partial charge in [0.25, 0.3) is 5.69 Å². The molecule has 1 aromatic carbocycles. The van der Waals surface area contributed by atoms with Gasteiger partial charge in [0.2, 0.25) is 5.78 Å². The molecule has 0 fully saturated rings. The molecular formula is C13H12N2O4. The fraction of sp³-hybridized carbons (Fsp3) is 0.154. The van der Waals surface area contributed by atoms with E-state index in [4.69, 9.17) is 4.74 Å². The summed E-state index contributed by atoms with van der Waals surface area (Å²) in [6, 6.07) is 9.10. The molecular weight excluding hydrogens is 248 g/mol. The zero-order valence-corrected chi connectivity index (χ0v) is 10.3. The van der Waals surface area contributed by atoms with Crippen LogP contribution >= 0.6 is 0 Å². The molecule has 2 aromatic rings. The number of nitro groups is 1. The number of rotatable bonds is 5. The van der Waals surface area contributed by atoms with Crippen LogP contribution < -0.4 is 4.74 Å². The van der Waals surface area contributed by atoms with Gasteiger partial charge in [-0.15, -0.1) is 0 Å². The Hall–Kier alpha value is -2.63. The molecule has 2 rings (SSSR count). The number of Topliss-reactive ketones (excluding diaryl/α,β-unsaturated/α-hetero) is 1. The number of aromatic nitrogens is 1. The molecule has 0 aliphatic heterocycles. The van der Waals surface area contributed by atoms with E-state index in [0.717, 1.165) is 0 Å². The van der Waals surface area contributed by atoms with Gasteiger partial charge >= 0.3 is 0 Å².